The predicted molar refractivity (Wildman–Crippen MR) is 94.0 cm³/mol. The lowest BCUT2D eigenvalue weighted by Gasteiger charge is -2.49. The summed E-state index contributed by atoms with van der Waals surface area (Å²) in [6.07, 6.45) is -3.63. The Bertz CT molecular complexity index is 656. The minimum absolute atomic E-state index is 0.536. The molecule has 5 nitrogen and oxygen atoms in total. The summed E-state index contributed by atoms with van der Waals surface area (Å²) < 4.78 is 82.1. The molecule has 0 saturated carbocycles. The molecule has 3 atom stereocenters. The van der Waals surface area contributed by atoms with Gasteiger partial charge in [-0.1, -0.05) is 32.4 Å². The number of hydrogen-bond acceptors (Lipinski definition) is 5. The van der Waals surface area contributed by atoms with E-state index in [1.165, 1.54) is 0 Å². The van der Waals surface area contributed by atoms with Crippen LogP contribution in [-0.2, 0) is 19.0 Å². The van der Waals surface area contributed by atoms with E-state index in [4.69, 9.17) is 9.47 Å². The van der Waals surface area contributed by atoms with E-state index < -0.39 is 53.7 Å². The normalized spacial score (nSPS) is 29.7. The van der Waals surface area contributed by atoms with Crippen LogP contribution in [0.4, 0.5) is 22.0 Å². The number of carbonyl (C=O) groups excluding carboxylic acids is 1. The first kappa shape index (κ1) is 25.8. The largest absolute Gasteiger partial charge is 0.462 e. The highest BCUT2D eigenvalue weighted by molar-refractivity contribution is 5.80. The van der Waals surface area contributed by atoms with Crippen LogP contribution < -0.4 is 0 Å². The van der Waals surface area contributed by atoms with Crippen LogP contribution in [0, 0.1) is 10.8 Å². The zero-order chi connectivity index (χ0) is 23.1. The smallest absolute Gasteiger partial charge is 0.449 e. The Kier molecular flexibility index (Phi) is 6.91. The second kappa shape index (κ2) is 7.77. The molecule has 0 aromatic rings. The van der Waals surface area contributed by atoms with Crippen LogP contribution in [0.3, 0.4) is 0 Å². The molecular formula is C19H29F5O5. The Morgan fingerprint density at radius 1 is 1.17 bits per heavy atom. The Morgan fingerprint density at radius 2 is 1.69 bits per heavy atom. The zero-order valence-electron chi connectivity index (χ0n) is 17.7. The van der Waals surface area contributed by atoms with Gasteiger partial charge in [0.05, 0.1) is 5.41 Å². The van der Waals surface area contributed by atoms with Crippen molar-refractivity contribution < 1.29 is 46.1 Å². The summed E-state index contributed by atoms with van der Waals surface area (Å²) in [6.45, 7) is 8.64. The molecule has 0 spiro atoms. The highest BCUT2D eigenvalue weighted by Crippen LogP contribution is 2.52. The third-order valence-electron chi connectivity index (χ3n) is 5.89. The summed E-state index contributed by atoms with van der Waals surface area (Å²) in [4.78, 5) is 12.9. The van der Waals surface area contributed by atoms with Gasteiger partial charge in [0.25, 0.3) is 0 Å². The first-order valence-corrected chi connectivity index (χ1v) is 9.09. The quantitative estimate of drug-likeness (QED) is 0.378. The van der Waals surface area contributed by atoms with Crippen molar-refractivity contribution in [3.8, 4) is 0 Å². The maximum absolute atomic E-state index is 14.6. The van der Waals surface area contributed by atoms with E-state index in [-0.39, 0.29) is 0 Å². The molecule has 0 aromatic carbocycles. The van der Waals surface area contributed by atoms with Gasteiger partial charge in [0.2, 0.25) is 0 Å². The zero-order valence-corrected chi connectivity index (χ0v) is 17.7. The first-order chi connectivity index (χ1) is 12.8. The summed E-state index contributed by atoms with van der Waals surface area (Å²) in [7, 11) is 0. The number of carbonyl (C=O) groups is 1. The molecule has 10 heteroatoms. The van der Waals surface area contributed by atoms with Gasteiger partial charge in [-0.25, -0.2) is 0 Å². The van der Waals surface area contributed by atoms with E-state index in [0.717, 1.165) is 5.57 Å². The van der Waals surface area contributed by atoms with E-state index in [2.05, 4.69) is 4.74 Å². The number of hydrogen-bond donors (Lipinski definition) is 1. The van der Waals surface area contributed by atoms with Gasteiger partial charge in [0.1, 0.15) is 6.61 Å². The fraction of sp³-hybridized carbons (Fsp3) is 0.842. The average Bonchev–Trinajstić information content (AvgIpc) is 2.56. The van der Waals surface area contributed by atoms with Gasteiger partial charge < -0.3 is 19.3 Å². The van der Waals surface area contributed by atoms with Crippen molar-refractivity contribution in [3.05, 3.63) is 11.6 Å². The monoisotopic (exact) mass is 432 g/mol. The molecule has 1 aliphatic heterocycles. The molecule has 3 unspecified atom stereocenters. The van der Waals surface area contributed by atoms with Crippen molar-refractivity contribution in [2.45, 2.75) is 78.4 Å². The lowest BCUT2D eigenvalue weighted by molar-refractivity contribution is -0.501. The van der Waals surface area contributed by atoms with Crippen molar-refractivity contribution >= 4 is 5.97 Å². The van der Waals surface area contributed by atoms with Crippen molar-refractivity contribution in [1.82, 2.24) is 0 Å². The van der Waals surface area contributed by atoms with Crippen LogP contribution in [0.25, 0.3) is 0 Å². The third kappa shape index (κ3) is 4.16. The summed E-state index contributed by atoms with van der Waals surface area (Å²) >= 11 is 0. The second-order valence-corrected chi connectivity index (χ2v) is 8.59. The summed E-state index contributed by atoms with van der Waals surface area (Å²) in [6, 6.07) is 0. The summed E-state index contributed by atoms with van der Waals surface area (Å²) in [5, 5.41) is 9.56. The number of aliphatic hydroxyl groups is 1. The lowest BCUT2D eigenvalue weighted by atomic mass is 9.64. The highest BCUT2D eigenvalue weighted by Gasteiger charge is 2.79. The summed E-state index contributed by atoms with van der Waals surface area (Å²) in [5.41, 5.74) is -4.07. The van der Waals surface area contributed by atoms with Crippen molar-refractivity contribution in [3.63, 3.8) is 0 Å². The molecule has 0 radical (unpaired) electrons. The highest BCUT2D eigenvalue weighted by atomic mass is 19.4. The van der Waals surface area contributed by atoms with E-state index in [1.807, 2.05) is 6.92 Å². The minimum atomic E-state index is -5.80. The molecular weight excluding hydrogens is 403 g/mol. The number of allylic oxidation sites excluding steroid dienone is 1. The van der Waals surface area contributed by atoms with Crippen LogP contribution in [0.15, 0.2) is 11.6 Å². The second-order valence-electron chi connectivity index (χ2n) is 8.59. The number of ether oxygens (including phenoxy) is 3. The molecule has 170 valence electrons. The van der Waals surface area contributed by atoms with E-state index in [1.54, 1.807) is 40.7 Å². The average molecular weight is 432 g/mol. The third-order valence-corrected chi connectivity index (χ3v) is 5.89. The van der Waals surface area contributed by atoms with E-state index >= 15 is 0 Å². The van der Waals surface area contributed by atoms with Gasteiger partial charge in [0, 0.05) is 0 Å². The fourth-order valence-corrected chi connectivity index (χ4v) is 3.00. The maximum atomic E-state index is 14.6. The molecule has 0 aromatic heterocycles. The van der Waals surface area contributed by atoms with Gasteiger partial charge in [-0.05, 0) is 39.5 Å². The molecule has 29 heavy (non-hydrogen) atoms. The van der Waals surface area contributed by atoms with Gasteiger partial charge >= 0.3 is 23.9 Å². The van der Waals surface area contributed by atoms with Crippen molar-refractivity contribution in [2.24, 2.45) is 10.8 Å². The van der Waals surface area contributed by atoms with Gasteiger partial charge in [-0.2, -0.15) is 22.0 Å². The molecule has 0 aliphatic carbocycles. The molecule has 1 heterocycles. The van der Waals surface area contributed by atoms with Crippen LogP contribution in [0.1, 0.15) is 54.9 Å². The van der Waals surface area contributed by atoms with Gasteiger partial charge in [-0.15, -0.1) is 0 Å². The standard InChI is InChI=1S/C19H29F5O5/c1-8-14(4,5)15(6,9-12(2)3)13(25)27-10-16(7)17(20,21)18(26,19(22,23)24)29-11-28-16/h9,26H,8,10-11H2,1-7H3. The SMILES string of the molecule is CCC(C)(C)C(C)(C=C(C)C)C(=O)OCC1(C)OCOC(O)(C(F)(F)F)C1(F)F. The molecule has 1 saturated heterocycles. The number of esters is 1. The first-order valence-electron chi connectivity index (χ1n) is 9.09. The molecule has 0 bridgehead atoms. The lowest BCUT2D eigenvalue weighted by Crippen LogP contribution is -2.74. The van der Waals surface area contributed by atoms with Crippen LogP contribution in [0.5, 0.6) is 0 Å². The van der Waals surface area contributed by atoms with Crippen molar-refractivity contribution in [2.75, 3.05) is 13.4 Å². The fourth-order valence-electron chi connectivity index (χ4n) is 3.00. The number of rotatable bonds is 6. The predicted octanol–water partition coefficient (Wildman–Crippen LogP) is 4.59. The molecule has 1 rings (SSSR count). The van der Waals surface area contributed by atoms with Crippen LogP contribution in [0.2, 0.25) is 0 Å². The Balaban J connectivity index is 3.23. The Labute approximate surface area is 167 Å². The van der Waals surface area contributed by atoms with Gasteiger partial charge in [-0.3, -0.25) is 4.79 Å². The van der Waals surface area contributed by atoms with E-state index in [0.29, 0.717) is 13.3 Å². The minimum Gasteiger partial charge on any atom is -0.462 e. The molecule has 1 N–H and O–H groups in total. The van der Waals surface area contributed by atoms with Crippen molar-refractivity contribution in [1.29, 1.82) is 0 Å². The van der Waals surface area contributed by atoms with Gasteiger partial charge in [0.15, 0.2) is 12.4 Å². The number of halogens is 5. The maximum Gasteiger partial charge on any atom is 0.449 e. The van der Waals surface area contributed by atoms with Crippen LogP contribution in [-0.4, -0.2) is 48.0 Å². The molecule has 1 fully saturated rings. The Hall–Kier alpha value is -1.26. The number of alkyl halides is 5. The van der Waals surface area contributed by atoms with E-state index in [9.17, 15) is 31.9 Å². The summed E-state index contributed by atoms with van der Waals surface area (Å²) in [5.74, 6) is -10.6. The molecule has 0 amide bonds. The Morgan fingerprint density at radius 3 is 2.10 bits per heavy atom. The molecule has 1 aliphatic rings. The topological polar surface area (TPSA) is 65.0 Å². The van der Waals surface area contributed by atoms with Crippen LogP contribution >= 0.6 is 0 Å².